The molecule has 0 aliphatic rings. The van der Waals surface area contributed by atoms with Crippen molar-refractivity contribution in [2.24, 2.45) is 4.99 Å². The molecule has 2 amide bonds. The Kier molecular flexibility index (Phi) is 10.2. The Morgan fingerprint density at radius 1 is 1.19 bits per heavy atom. The number of carbonyl (C=O) groups excluding carboxylic acids is 3. The summed E-state index contributed by atoms with van der Waals surface area (Å²) in [6.45, 7) is 0.612. The Morgan fingerprint density at radius 3 is 2.56 bits per heavy atom. The van der Waals surface area contributed by atoms with Crippen molar-refractivity contribution in [1.29, 1.82) is 0 Å². The Bertz CT molecular complexity index is 830. The van der Waals surface area contributed by atoms with E-state index in [1.165, 1.54) is 7.05 Å². The van der Waals surface area contributed by atoms with Crippen LogP contribution in [-0.4, -0.2) is 47.4 Å². The van der Waals surface area contributed by atoms with Gasteiger partial charge in [-0.25, -0.2) is 4.98 Å². The lowest BCUT2D eigenvalue weighted by atomic mass is 10.1. The van der Waals surface area contributed by atoms with Crippen molar-refractivity contribution in [2.75, 3.05) is 14.2 Å². The molecule has 0 unspecified atom stereocenters. The lowest BCUT2D eigenvalue weighted by molar-refractivity contribution is -0.108. The second-order valence-electron chi connectivity index (χ2n) is 5.61. The van der Waals surface area contributed by atoms with Crippen LogP contribution in [0.1, 0.15) is 42.6 Å². The average Bonchev–Trinajstić information content (AvgIpc) is 2.72. The van der Waals surface area contributed by atoms with Crippen molar-refractivity contribution in [2.45, 2.75) is 38.6 Å². The first-order valence-corrected chi connectivity index (χ1v) is 8.80. The number of aromatic nitrogens is 2. The number of rotatable bonds is 9. The molecule has 0 aliphatic carbocycles. The minimum Gasteiger partial charge on any atom is -0.400 e. The van der Waals surface area contributed by atoms with Crippen LogP contribution < -0.4 is 10.8 Å². The van der Waals surface area contributed by atoms with Crippen molar-refractivity contribution >= 4 is 29.6 Å². The van der Waals surface area contributed by atoms with Gasteiger partial charge in [0.05, 0.1) is 11.0 Å². The van der Waals surface area contributed by atoms with E-state index in [2.05, 4.69) is 15.3 Å². The average molecular weight is 374 g/mol. The fraction of sp³-hybridized carbons (Fsp3) is 0.421. The summed E-state index contributed by atoms with van der Waals surface area (Å²) >= 11 is 0. The van der Waals surface area contributed by atoms with Crippen LogP contribution in [0.5, 0.6) is 0 Å². The van der Waals surface area contributed by atoms with Crippen molar-refractivity contribution in [3.8, 4) is 0 Å². The fourth-order valence-electron chi connectivity index (χ4n) is 2.73. The van der Waals surface area contributed by atoms with Crippen molar-refractivity contribution in [1.82, 2.24) is 14.9 Å². The lowest BCUT2D eigenvalue weighted by Crippen LogP contribution is -2.34. The summed E-state index contributed by atoms with van der Waals surface area (Å²) in [5.74, 6) is -0.383. The number of carbonyl (C=O) groups is 3. The minimum absolute atomic E-state index is 0.134. The van der Waals surface area contributed by atoms with Crippen LogP contribution in [0.15, 0.2) is 29.3 Å². The number of unbranched alkanes of at least 4 members (excludes halogenated alkanes) is 4. The van der Waals surface area contributed by atoms with Crippen LogP contribution in [0, 0.1) is 0 Å². The largest absolute Gasteiger partial charge is 0.400 e. The highest BCUT2D eigenvalue weighted by Crippen LogP contribution is 2.12. The smallest absolute Gasteiger partial charge is 0.273 e. The molecule has 2 aromatic rings. The fourth-order valence-corrected chi connectivity index (χ4v) is 2.73. The van der Waals surface area contributed by atoms with Gasteiger partial charge in [0, 0.05) is 27.1 Å². The summed E-state index contributed by atoms with van der Waals surface area (Å²) < 4.78 is 1.86. The highest BCUT2D eigenvalue weighted by molar-refractivity contribution is 5.93. The van der Waals surface area contributed by atoms with Crippen molar-refractivity contribution in [3.05, 3.63) is 35.4 Å². The summed E-state index contributed by atoms with van der Waals surface area (Å²) in [5.41, 5.74) is 1.89. The molecular weight excluding hydrogens is 348 g/mol. The summed E-state index contributed by atoms with van der Waals surface area (Å²) in [7, 11) is 2.52. The van der Waals surface area contributed by atoms with Gasteiger partial charge in [-0.1, -0.05) is 25.0 Å². The van der Waals surface area contributed by atoms with Crippen LogP contribution in [0.2, 0.25) is 0 Å². The van der Waals surface area contributed by atoms with Gasteiger partial charge in [0.25, 0.3) is 5.91 Å². The number of nitrogens with one attached hydrogen (secondary N) is 1. The summed E-state index contributed by atoms with van der Waals surface area (Å²) in [5, 5.41) is 9.54. The van der Waals surface area contributed by atoms with Gasteiger partial charge in [0.15, 0.2) is 11.2 Å². The maximum Gasteiger partial charge on any atom is 0.273 e. The molecule has 2 N–H and O–H groups in total. The zero-order valence-electron chi connectivity index (χ0n) is 15.7. The maximum atomic E-state index is 12.2. The van der Waals surface area contributed by atoms with Gasteiger partial charge in [-0.15, -0.1) is 0 Å². The molecule has 8 heteroatoms. The number of nitrogens with zero attached hydrogens (tertiary/aromatic N) is 3. The van der Waals surface area contributed by atoms with E-state index >= 15 is 0 Å². The molecule has 0 saturated heterocycles. The van der Waals surface area contributed by atoms with Gasteiger partial charge < -0.3 is 19.8 Å². The van der Waals surface area contributed by atoms with Crippen LogP contribution >= 0.6 is 0 Å². The Morgan fingerprint density at radius 2 is 1.89 bits per heavy atom. The van der Waals surface area contributed by atoms with Crippen LogP contribution in [0.4, 0.5) is 0 Å². The molecule has 0 radical (unpaired) electrons. The number of benzene rings is 1. The number of aliphatic hydroxyl groups is 1. The first-order valence-electron chi connectivity index (χ1n) is 8.80. The van der Waals surface area contributed by atoms with Gasteiger partial charge in [-0.2, -0.15) is 4.99 Å². The molecule has 1 heterocycles. The lowest BCUT2D eigenvalue weighted by Gasteiger charge is -2.14. The number of fused-ring (bicyclic) bond motifs is 1. The number of hydrogen-bond donors (Lipinski definition) is 2. The standard InChI is InChI=1S/C18H22N4O3.CH4O/c1-19-18(25)16-17(20-13-24)22(11-7-3-2-4-8-12-23)15-10-6-5-9-14(15)21-16;1-2/h5-6,9-10,12-13H,2-4,7-8,11H2,1H3,(H,19,25);2H,1H3. The van der Waals surface area contributed by atoms with Gasteiger partial charge in [0.1, 0.15) is 6.29 Å². The monoisotopic (exact) mass is 374 g/mol. The second-order valence-corrected chi connectivity index (χ2v) is 5.61. The number of aldehydes is 1. The molecule has 0 bridgehead atoms. The first kappa shape index (κ1) is 22.2. The third-order valence-electron chi connectivity index (χ3n) is 3.94. The third-order valence-corrected chi connectivity index (χ3v) is 3.94. The molecule has 146 valence electrons. The van der Waals surface area contributed by atoms with Gasteiger partial charge >= 0.3 is 0 Å². The number of aliphatic hydroxyl groups excluding tert-OH is 1. The molecule has 27 heavy (non-hydrogen) atoms. The van der Waals surface area contributed by atoms with E-state index in [4.69, 9.17) is 5.11 Å². The predicted molar refractivity (Wildman–Crippen MR) is 102 cm³/mol. The molecule has 0 spiro atoms. The maximum absolute atomic E-state index is 12.2. The molecule has 0 aliphatic heterocycles. The van der Waals surface area contributed by atoms with E-state index in [1.54, 1.807) is 0 Å². The summed E-state index contributed by atoms with van der Waals surface area (Å²) in [6, 6.07) is 7.46. The van der Waals surface area contributed by atoms with E-state index in [9.17, 15) is 14.4 Å². The molecule has 8 nitrogen and oxygen atoms in total. The Balaban J connectivity index is 0.00000176. The predicted octanol–water partition coefficient (Wildman–Crippen LogP) is 1.21. The molecule has 0 fully saturated rings. The highest BCUT2D eigenvalue weighted by Gasteiger charge is 2.14. The van der Waals surface area contributed by atoms with E-state index in [-0.39, 0.29) is 17.1 Å². The first-order chi connectivity index (χ1) is 13.2. The SMILES string of the molecule is CNC(=O)c1nc2ccccc2n(CCCCCCC=O)c1=NC=O.CO. The second kappa shape index (κ2) is 12.5. The quantitative estimate of drug-likeness (QED) is 0.506. The van der Waals surface area contributed by atoms with Crippen LogP contribution in [0.3, 0.4) is 0 Å². The van der Waals surface area contributed by atoms with Crippen molar-refractivity contribution < 1.29 is 19.5 Å². The van der Waals surface area contributed by atoms with E-state index < -0.39 is 0 Å². The molecular formula is C19H26N4O4. The minimum atomic E-state index is -0.383. The molecule has 0 saturated carbocycles. The normalized spacial score (nSPS) is 10.9. The third kappa shape index (κ3) is 6.10. The molecule has 1 aromatic carbocycles. The highest BCUT2D eigenvalue weighted by atomic mass is 16.2. The van der Waals surface area contributed by atoms with Gasteiger partial charge in [0.2, 0.25) is 6.41 Å². The topological polar surface area (TPSA) is 114 Å². The zero-order chi connectivity index (χ0) is 20.1. The zero-order valence-corrected chi connectivity index (χ0v) is 15.7. The van der Waals surface area contributed by atoms with Gasteiger partial charge in [-0.3, -0.25) is 9.59 Å². The molecule has 1 aromatic heterocycles. The summed E-state index contributed by atoms with van der Waals surface area (Å²) in [6.07, 6.45) is 5.59. The van der Waals surface area contributed by atoms with Gasteiger partial charge in [-0.05, 0) is 25.0 Å². The molecule has 2 rings (SSSR count). The Labute approximate surface area is 158 Å². The van der Waals surface area contributed by atoms with E-state index in [0.717, 1.165) is 44.6 Å². The molecule has 0 atom stereocenters. The Hall–Kier alpha value is -2.87. The number of hydrogen-bond acceptors (Lipinski definition) is 5. The van der Waals surface area contributed by atoms with E-state index in [1.807, 2.05) is 28.8 Å². The number of para-hydroxylation sites is 2. The summed E-state index contributed by atoms with van der Waals surface area (Å²) in [4.78, 5) is 41.8. The van der Waals surface area contributed by atoms with Crippen LogP contribution in [-0.2, 0) is 16.1 Å². The number of aryl methyl sites for hydroxylation is 1. The van der Waals surface area contributed by atoms with Crippen molar-refractivity contribution in [3.63, 3.8) is 0 Å². The number of amides is 2. The van der Waals surface area contributed by atoms with E-state index in [0.29, 0.717) is 24.9 Å². The van der Waals surface area contributed by atoms with Crippen LogP contribution in [0.25, 0.3) is 11.0 Å².